The van der Waals surface area contributed by atoms with Gasteiger partial charge in [-0.15, -0.1) is 0 Å². The van der Waals surface area contributed by atoms with Crippen LogP contribution >= 0.6 is 0 Å². The van der Waals surface area contributed by atoms with Crippen molar-refractivity contribution in [2.24, 2.45) is 5.73 Å². The lowest BCUT2D eigenvalue weighted by Gasteiger charge is -2.26. The van der Waals surface area contributed by atoms with Crippen molar-refractivity contribution in [2.75, 3.05) is 12.3 Å². The van der Waals surface area contributed by atoms with Crippen LogP contribution in [0.3, 0.4) is 0 Å². The summed E-state index contributed by atoms with van der Waals surface area (Å²) >= 11 is 0. The molecule has 1 fully saturated rings. The molecule has 0 bridgehead atoms. The van der Waals surface area contributed by atoms with Crippen LogP contribution in [0.2, 0.25) is 0 Å². The molecule has 1 rings (SSSR count). The van der Waals surface area contributed by atoms with E-state index in [1.54, 1.807) is 0 Å². The van der Waals surface area contributed by atoms with Gasteiger partial charge in [-0.3, -0.25) is 9.59 Å². The zero-order valence-electron chi connectivity index (χ0n) is 10.0. The molecule has 3 N–H and O–H groups in total. The first-order valence-corrected chi connectivity index (χ1v) is 7.43. The van der Waals surface area contributed by atoms with Crippen LogP contribution in [0.4, 0.5) is 0 Å². The third kappa shape index (κ3) is 4.26. The molecular weight excluding hydrogens is 260 g/mol. The van der Waals surface area contributed by atoms with Crippen LogP contribution in [-0.2, 0) is 19.6 Å². The lowest BCUT2D eigenvalue weighted by atomic mass is 10.2. The summed E-state index contributed by atoms with van der Waals surface area (Å²) in [6, 6.07) is -0.226. The number of carbonyl (C=O) groups is 2. The average molecular weight is 278 g/mol. The Morgan fingerprint density at radius 3 is 2.28 bits per heavy atom. The number of primary amides is 1. The van der Waals surface area contributed by atoms with Crippen LogP contribution in [0, 0.1) is 0 Å². The fourth-order valence-electron chi connectivity index (χ4n) is 2.13. The summed E-state index contributed by atoms with van der Waals surface area (Å²) in [6.45, 7) is -0.368. The minimum atomic E-state index is -3.74. The molecule has 104 valence electrons. The molecule has 1 saturated carbocycles. The Morgan fingerprint density at radius 1 is 1.28 bits per heavy atom. The third-order valence-corrected chi connectivity index (χ3v) is 4.84. The monoisotopic (exact) mass is 278 g/mol. The summed E-state index contributed by atoms with van der Waals surface area (Å²) in [5, 5.41) is 8.53. The van der Waals surface area contributed by atoms with E-state index < -0.39 is 34.1 Å². The first kappa shape index (κ1) is 14.9. The van der Waals surface area contributed by atoms with Crippen molar-refractivity contribution < 1.29 is 23.1 Å². The molecule has 0 aromatic rings. The van der Waals surface area contributed by atoms with Gasteiger partial charge in [0.05, 0.1) is 18.7 Å². The maximum atomic E-state index is 12.0. The van der Waals surface area contributed by atoms with Crippen LogP contribution in [0.25, 0.3) is 0 Å². The topological polar surface area (TPSA) is 118 Å². The highest BCUT2D eigenvalue weighted by atomic mass is 32.2. The number of nitrogens with two attached hydrogens (primary N) is 1. The molecular formula is C10H18N2O5S. The first-order chi connectivity index (χ1) is 8.33. The van der Waals surface area contributed by atoms with E-state index in [0.717, 1.165) is 17.1 Å². The third-order valence-electron chi connectivity index (χ3n) is 2.97. The van der Waals surface area contributed by atoms with Gasteiger partial charge in [0, 0.05) is 6.04 Å². The van der Waals surface area contributed by atoms with Crippen molar-refractivity contribution >= 4 is 21.9 Å². The molecule has 8 heteroatoms. The zero-order valence-corrected chi connectivity index (χ0v) is 10.9. The Balaban J connectivity index is 2.79. The fraction of sp³-hybridized carbons (Fsp3) is 0.800. The van der Waals surface area contributed by atoms with Gasteiger partial charge in [0.15, 0.2) is 0 Å². The van der Waals surface area contributed by atoms with Crippen LogP contribution in [0.1, 0.15) is 32.1 Å². The number of hydrogen-bond donors (Lipinski definition) is 2. The van der Waals surface area contributed by atoms with Gasteiger partial charge in [-0.25, -0.2) is 8.42 Å². The standard InChI is InChI=1S/C10H18N2O5S/c11-9(13)7-12(8-3-1-2-4-8)18(16,17)6-5-10(14)15/h8H,1-7H2,(H2,11,13)(H,14,15). The predicted octanol–water partition coefficient (Wildman–Crippen LogP) is -0.479. The molecule has 0 radical (unpaired) electrons. The van der Waals surface area contributed by atoms with Crippen molar-refractivity contribution in [2.45, 2.75) is 38.1 Å². The van der Waals surface area contributed by atoms with Crippen LogP contribution in [0.15, 0.2) is 0 Å². The average Bonchev–Trinajstić information content (AvgIpc) is 2.76. The van der Waals surface area contributed by atoms with Gasteiger partial charge in [0.25, 0.3) is 0 Å². The largest absolute Gasteiger partial charge is 0.481 e. The fourth-order valence-corrected chi connectivity index (χ4v) is 3.79. The predicted molar refractivity (Wildman–Crippen MR) is 64.2 cm³/mol. The van der Waals surface area contributed by atoms with Crippen molar-refractivity contribution in [3.05, 3.63) is 0 Å². The zero-order chi connectivity index (χ0) is 13.8. The molecule has 0 unspecified atom stereocenters. The Kier molecular flexibility index (Phi) is 5.09. The second-order valence-corrected chi connectivity index (χ2v) is 6.45. The Morgan fingerprint density at radius 2 is 1.83 bits per heavy atom. The van der Waals surface area contributed by atoms with Gasteiger partial charge < -0.3 is 10.8 Å². The summed E-state index contributed by atoms with van der Waals surface area (Å²) in [7, 11) is -3.74. The van der Waals surface area contributed by atoms with Gasteiger partial charge in [0.1, 0.15) is 0 Å². The summed E-state index contributed by atoms with van der Waals surface area (Å²) in [5.41, 5.74) is 5.05. The van der Waals surface area contributed by atoms with Gasteiger partial charge in [-0.1, -0.05) is 12.8 Å². The second kappa shape index (κ2) is 6.14. The number of sulfonamides is 1. The quantitative estimate of drug-likeness (QED) is 0.652. The molecule has 0 aromatic heterocycles. The summed E-state index contributed by atoms with van der Waals surface area (Å²) < 4.78 is 25.1. The minimum absolute atomic E-state index is 0.226. The van der Waals surface area contributed by atoms with E-state index >= 15 is 0 Å². The van der Waals surface area contributed by atoms with Crippen LogP contribution in [-0.4, -0.2) is 48.0 Å². The molecule has 7 nitrogen and oxygen atoms in total. The second-order valence-electron chi connectivity index (χ2n) is 4.41. The molecule has 18 heavy (non-hydrogen) atoms. The van der Waals surface area contributed by atoms with Crippen molar-refractivity contribution in [1.29, 1.82) is 0 Å². The number of carboxylic acids is 1. The lowest BCUT2D eigenvalue weighted by Crippen LogP contribution is -2.45. The van der Waals surface area contributed by atoms with Crippen LogP contribution in [0.5, 0.6) is 0 Å². The lowest BCUT2D eigenvalue weighted by molar-refractivity contribution is -0.136. The smallest absolute Gasteiger partial charge is 0.304 e. The Labute approximate surface area is 106 Å². The number of nitrogens with zero attached hydrogens (tertiary/aromatic N) is 1. The number of hydrogen-bond acceptors (Lipinski definition) is 4. The highest BCUT2D eigenvalue weighted by Crippen LogP contribution is 2.25. The number of rotatable bonds is 7. The van der Waals surface area contributed by atoms with E-state index in [4.69, 9.17) is 10.8 Å². The molecule has 1 aliphatic carbocycles. The van der Waals surface area contributed by atoms with E-state index in [1.165, 1.54) is 0 Å². The number of amides is 1. The van der Waals surface area contributed by atoms with Crippen molar-refractivity contribution in [3.63, 3.8) is 0 Å². The molecule has 1 amide bonds. The highest BCUT2D eigenvalue weighted by molar-refractivity contribution is 7.89. The van der Waals surface area contributed by atoms with E-state index in [1.807, 2.05) is 0 Å². The molecule has 0 spiro atoms. The van der Waals surface area contributed by atoms with E-state index in [2.05, 4.69) is 0 Å². The molecule has 0 aromatic carbocycles. The SMILES string of the molecule is NC(=O)CN(C1CCCC1)S(=O)(=O)CCC(=O)O. The molecule has 0 aliphatic heterocycles. The Hall–Kier alpha value is -1.15. The molecule has 1 aliphatic rings. The number of carbonyl (C=O) groups excluding carboxylic acids is 1. The first-order valence-electron chi connectivity index (χ1n) is 5.82. The molecule has 0 saturated heterocycles. The van der Waals surface area contributed by atoms with E-state index in [0.29, 0.717) is 12.8 Å². The number of carboxylic acid groups (broad SMARTS) is 1. The van der Waals surface area contributed by atoms with E-state index in [9.17, 15) is 18.0 Å². The summed E-state index contributed by atoms with van der Waals surface area (Å²) in [5.74, 6) is -2.39. The maximum Gasteiger partial charge on any atom is 0.304 e. The van der Waals surface area contributed by atoms with Gasteiger partial charge in [-0.05, 0) is 12.8 Å². The molecule has 0 atom stereocenters. The van der Waals surface area contributed by atoms with Gasteiger partial charge in [0.2, 0.25) is 15.9 Å². The summed E-state index contributed by atoms with van der Waals surface area (Å²) in [6.07, 6.45) is 2.74. The minimum Gasteiger partial charge on any atom is -0.481 e. The maximum absolute atomic E-state index is 12.0. The van der Waals surface area contributed by atoms with E-state index in [-0.39, 0.29) is 12.6 Å². The number of aliphatic carboxylic acids is 1. The van der Waals surface area contributed by atoms with Crippen molar-refractivity contribution in [3.8, 4) is 0 Å². The molecule has 0 heterocycles. The van der Waals surface area contributed by atoms with Crippen LogP contribution < -0.4 is 5.73 Å². The normalized spacial score (nSPS) is 17.2. The van der Waals surface area contributed by atoms with Crippen molar-refractivity contribution in [1.82, 2.24) is 4.31 Å². The Bertz CT molecular complexity index is 414. The van der Waals surface area contributed by atoms with Gasteiger partial charge >= 0.3 is 5.97 Å². The van der Waals surface area contributed by atoms with Gasteiger partial charge in [-0.2, -0.15) is 4.31 Å². The summed E-state index contributed by atoms with van der Waals surface area (Å²) in [4.78, 5) is 21.4. The highest BCUT2D eigenvalue weighted by Gasteiger charge is 2.33.